The summed E-state index contributed by atoms with van der Waals surface area (Å²) in [6, 6.07) is 6.69. The van der Waals surface area contributed by atoms with Gasteiger partial charge in [0, 0.05) is 13.4 Å². The molecule has 2 atom stereocenters. The zero-order valence-corrected chi connectivity index (χ0v) is 13.1. The lowest BCUT2D eigenvalue weighted by atomic mass is 10.0. The van der Waals surface area contributed by atoms with E-state index >= 15 is 0 Å². The van der Waals surface area contributed by atoms with Crippen LogP contribution in [0.25, 0.3) is 0 Å². The Bertz CT molecular complexity index is 649. The van der Waals surface area contributed by atoms with Crippen LogP contribution in [0.3, 0.4) is 0 Å². The highest BCUT2D eigenvalue weighted by Crippen LogP contribution is 2.20. The molecule has 0 aliphatic carbocycles. The van der Waals surface area contributed by atoms with Gasteiger partial charge in [0.1, 0.15) is 12.5 Å². The van der Waals surface area contributed by atoms with Crippen molar-refractivity contribution in [3.05, 3.63) is 29.8 Å². The predicted molar refractivity (Wildman–Crippen MR) is 78.5 cm³/mol. The van der Waals surface area contributed by atoms with E-state index in [4.69, 9.17) is 10.00 Å². The third-order valence-corrected chi connectivity index (χ3v) is 4.09. The topological polar surface area (TPSA) is 116 Å². The van der Waals surface area contributed by atoms with Crippen LogP contribution in [0.5, 0.6) is 0 Å². The fraction of sp³-hybridized carbons (Fsp3) is 0.429. The lowest BCUT2D eigenvalue weighted by Gasteiger charge is -2.23. The second-order valence-electron chi connectivity index (χ2n) is 4.75. The molecule has 0 aliphatic rings. The third-order valence-electron chi connectivity index (χ3n) is 2.96. The average Bonchev–Trinajstić information content (AvgIpc) is 2.45. The minimum Gasteiger partial charge on any atom is -0.386 e. The summed E-state index contributed by atoms with van der Waals surface area (Å²) < 4.78 is 27.7. The number of carbonyl (C=O) groups is 1. The van der Waals surface area contributed by atoms with Crippen molar-refractivity contribution in [2.45, 2.75) is 23.5 Å². The molecular formula is C14H18N2O5S. The first-order valence-corrected chi connectivity index (χ1v) is 8.32. The van der Waals surface area contributed by atoms with Crippen LogP contribution in [-0.2, 0) is 19.4 Å². The second-order valence-corrected chi connectivity index (χ2v) is 6.77. The van der Waals surface area contributed by atoms with Crippen molar-refractivity contribution in [3.8, 4) is 6.07 Å². The molecule has 0 bridgehead atoms. The molecule has 0 fully saturated rings. The van der Waals surface area contributed by atoms with E-state index in [9.17, 15) is 18.3 Å². The van der Waals surface area contributed by atoms with Crippen LogP contribution in [0, 0.1) is 11.3 Å². The Hall–Kier alpha value is -1.95. The molecule has 0 unspecified atom stereocenters. The Kier molecular flexibility index (Phi) is 6.49. The number of nitriles is 1. The van der Waals surface area contributed by atoms with E-state index in [1.807, 2.05) is 0 Å². The van der Waals surface area contributed by atoms with Gasteiger partial charge in [0.25, 0.3) is 0 Å². The standard InChI is InChI=1S/C14H18N2O5S/c1-21-9-12(16-13(17)7-8-15)14(18)10-3-5-11(6-4-10)22(2,19)20/h3-6,12,14,18H,7,9H2,1-2H3,(H,16,17)/t12-,14-/m1/s1. The molecule has 1 aromatic carbocycles. The summed E-state index contributed by atoms with van der Waals surface area (Å²) in [4.78, 5) is 11.6. The molecule has 7 nitrogen and oxygen atoms in total. The molecule has 2 N–H and O–H groups in total. The quantitative estimate of drug-likeness (QED) is 0.737. The number of sulfone groups is 1. The first-order chi connectivity index (χ1) is 10.3. The van der Waals surface area contributed by atoms with Crippen LogP contribution in [0.15, 0.2) is 29.2 Å². The number of rotatable bonds is 7. The summed E-state index contributed by atoms with van der Waals surface area (Å²) in [6.45, 7) is 0.0478. The second kappa shape index (κ2) is 7.89. The summed E-state index contributed by atoms with van der Waals surface area (Å²) in [5.41, 5.74) is 0.437. The van der Waals surface area contributed by atoms with Gasteiger partial charge >= 0.3 is 0 Å². The minimum atomic E-state index is -3.31. The first kappa shape index (κ1) is 18.1. The molecule has 0 aliphatic heterocycles. The molecule has 0 aromatic heterocycles. The Morgan fingerprint density at radius 3 is 2.45 bits per heavy atom. The van der Waals surface area contributed by atoms with Crippen LogP contribution in [0.2, 0.25) is 0 Å². The molecule has 1 rings (SSSR count). The summed E-state index contributed by atoms with van der Waals surface area (Å²) >= 11 is 0. The lowest BCUT2D eigenvalue weighted by molar-refractivity contribution is -0.122. The van der Waals surface area contributed by atoms with E-state index in [2.05, 4.69) is 5.32 Å². The monoisotopic (exact) mass is 326 g/mol. The van der Waals surface area contributed by atoms with Crippen molar-refractivity contribution >= 4 is 15.7 Å². The number of aliphatic hydroxyl groups is 1. The largest absolute Gasteiger partial charge is 0.386 e. The van der Waals surface area contributed by atoms with Gasteiger partial charge in [-0.05, 0) is 17.7 Å². The number of hydrogen-bond donors (Lipinski definition) is 2. The number of benzene rings is 1. The van der Waals surface area contributed by atoms with Gasteiger partial charge in [-0.25, -0.2) is 8.42 Å². The Balaban J connectivity index is 2.92. The number of amides is 1. The fourth-order valence-electron chi connectivity index (χ4n) is 1.87. The number of nitrogens with zero attached hydrogens (tertiary/aromatic N) is 1. The summed E-state index contributed by atoms with van der Waals surface area (Å²) in [5, 5.41) is 21.3. The summed E-state index contributed by atoms with van der Waals surface area (Å²) in [7, 11) is -1.89. The smallest absolute Gasteiger partial charge is 0.234 e. The molecule has 0 saturated carbocycles. The SMILES string of the molecule is COC[C@@H](NC(=O)CC#N)[C@H](O)c1ccc(S(C)(=O)=O)cc1. The maximum atomic E-state index is 11.5. The molecule has 0 spiro atoms. The predicted octanol–water partition coefficient (Wildman–Crippen LogP) is 0.168. The van der Waals surface area contributed by atoms with Crippen molar-refractivity contribution in [2.24, 2.45) is 0 Å². The highest BCUT2D eigenvalue weighted by atomic mass is 32.2. The molecule has 1 amide bonds. The number of carbonyl (C=O) groups excluding carboxylic acids is 1. The number of ether oxygens (including phenoxy) is 1. The maximum Gasteiger partial charge on any atom is 0.234 e. The van der Waals surface area contributed by atoms with Gasteiger partial charge in [0.2, 0.25) is 5.91 Å². The molecule has 0 saturated heterocycles. The van der Waals surface area contributed by atoms with Gasteiger partial charge in [0.15, 0.2) is 9.84 Å². The van der Waals surface area contributed by atoms with Crippen molar-refractivity contribution in [1.29, 1.82) is 5.26 Å². The Morgan fingerprint density at radius 1 is 1.41 bits per heavy atom. The number of hydrogen-bond acceptors (Lipinski definition) is 6. The normalized spacial score (nSPS) is 13.9. The van der Waals surface area contributed by atoms with Crippen molar-refractivity contribution in [1.82, 2.24) is 5.32 Å². The van der Waals surface area contributed by atoms with Crippen LogP contribution in [0.1, 0.15) is 18.1 Å². The maximum absolute atomic E-state index is 11.5. The number of aliphatic hydroxyl groups excluding tert-OH is 1. The van der Waals surface area contributed by atoms with Gasteiger partial charge in [-0.3, -0.25) is 4.79 Å². The molecule has 0 heterocycles. The van der Waals surface area contributed by atoms with E-state index in [0.29, 0.717) is 5.56 Å². The van der Waals surface area contributed by atoms with E-state index < -0.39 is 27.9 Å². The molecule has 8 heteroatoms. The summed E-state index contributed by atoms with van der Waals surface area (Å²) in [6.07, 6.45) is -0.315. The van der Waals surface area contributed by atoms with Gasteiger partial charge in [0.05, 0.1) is 23.6 Å². The van der Waals surface area contributed by atoms with Crippen LogP contribution < -0.4 is 5.32 Å². The van der Waals surface area contributed by atoms with Crippen molar-refractivity contribution in [2.75, 3.05) is 20.0 Å². The highest BCUT2D eigenvalue weighted by molar-refractivity contribution is 7.90. The third kappa shape index (κ3) is 5.11. The van der Waals surface area contributed by atoms with E-state index in [1.54, 1.807) is 6.07 Å². The van der Waals surface area contributed by atoms with Crippen molar-refractivity contribution in [3.63, 3.8) is 0 Å². The minimum absolute atomic E-state index is 0.0478. The van der Waals surface area contributed by atoms with Crippen LogP contribution in [-0.4, -0.2) is 45.4 Å². The van der Waals surface area contributed by atoms with E-state index in [-0.39, 0.29) is 17.9 Å². The fourth-order valence-corrected chi connectivity index (χ4v) is 2.50. The molecular weight excluding hydrogens is 308 g/mol. The molecule has 120 valence electrons. The molecule has 22 heavy (non-hydrogen) atoms. The van der Waals surface area contributed by atoms with Gasteiger partial charge in [-0.15, -0.1) is 0 Å². The van der Waals surface area contributed by atoms with Crippen molar-refractivity contribution < 1.29 is 23.1 Å². The zero-order valence-electron chi connectivity index (χ0n) is 12.3. The van der Waals surface area contributed by atoms with E-state index in [1.165, 1.54) is 31.4 Å². The molecule has 1 aromatic rings. The highest BCUT2D eigenvalue weighted by Gasteiger charge is 2.23. The average molecular weight is 326 g/mol. The number of nitrogens with one attached hydrogen (secondary N) is 1. The zero-order chi connectivity index (χ0) is 16.8. The van der Waals surface area contributed by atoms with E-state index in [0.717, 1.165) is 6.26 Å². The number of methoxy groups -OCH3 is 1. The Morgan fingerprint density at radius 2 is 2.00 bits per heavy atom. The van der Waals surface area contributed by atoms with Gasteiger partial charge < -0.3 is 15.2 Å². The molecule has 0 radical (unpaired) electrons. The Labute approximate surface area is 129 Å². The lowest BCUT2D eigenvalue weighted by Crippen LogP contribution is -2.42. The van der Waals surface area contributed by atoms with Crippen LogP contribution >= 0.6 is 0 Å². The van der Waals surface area contributed by atoms with Crippen LogP contribution in [0.4, 0.5) is 0 Å². The van der Waals surface area contributed by atoms with Gasteiger partial charge in [-0.1, -0.05) is 12.1 Å². The first-order valence-electron chi connectivity index (χ1n) is 6.43. The summed E-state index contributed by atoms with van der Waals surface area (Å²) in [5.74, 6) is -0.517. The van der Waals surface area contributed by atoms with Gasteiger partial charge in [-0.2, -0.15) is 5.26 Å².